The molecule has 9 heteroatoms. The summed E-state index contributed by atoms with van der Waals surface area (Å²) < 4.78 is 35.2. The largest absolute Gasteiger partial charge is 0.386 e. The van der Waals surface area contributed by atoms with Gasteiger partial charge in [0.1, 0.15) is 15.7 Å². The summed E-state index contributed by atoms with van der Waals surface area (Å²) >= 11 is 4.12. The van der Waals surface area contributed by atoms with Gasteiger partial charge in [-0.25, -0.2) is 4.57 Å². The highest BCUT2D eigenvalue weighted by molar-refractivity contribution is 8.44. The van der Waals surface area contributed by atoms with E-state index in [0.717, 1.165) is 0 Å². The molecule has 2 saturated heterocycles. The molecule has 2 rings (SSSR count). The van der Waals surface area contributed by atoms with E-state index < -0.39 is 6.80 Å². The van der Waals surface area contributed by atoms with Crippen LogP contribution in [0.3, 0.4) is 0 Å². The van der Waals surface area contributed by atoms with Gasteiger partial charge in [-0.1, -0.05) is 33.0 Å². The van der Waals surface area contributed by atoms with Gasteiger partial charge in [-0.15, -0.1) is 0 Å². The van der Waals surface area contributed by atoms with Gasteiger partial charge in [0.05, 0.1) is 24.9 Å². The van der Waals surface area contributed by atoms with Crippen LogP contribution < -0.4 is 0 Å². The van der Waals surface area contributed by atoms with Crippen molar-refractivity contribution in [2.75, 3.05) is 6.61 Å². The predicted octanol–water partition coefficient (Wildman–Crippen LogP) is 1.07. The van der Waals surface area contributed by atoms with Crippen molar-refractivity contribution >= 4 is 34.7 Å². The molecule has 0 N–H and O–H groups in total. The van der Waals surface area contributed by atoms with Gasteiger partial charge in [0.25, 0.3) is 0 Å². The predicted molar refractivity (Wildman–Crippen MR) is 95.0 cm³/mol. The zero-order valence-corrected chi connectivity index (χ0v) is 16.1. The van der Waals surface area contributed by atoms with Gasteiger partial charge in [0, 0.05) is 17.9 Å². The fourth-order valence-corrected chi connectivity index (χ4v) is 4.84. The maximum absolute atomic E-state index is 12.5. The van der Waals surface area contributed by atoms with Crippen molar-refractivity contribution in [2.45, 2.75) is 58.0 Å². The number of ether oxygens (including phenoxy) is 2. The molecular weight excluding hydrogens is 321 g/mol. The van der Waals surface area contributed by atoms with E-state index in [-0.39, 0.29) is 42.8 Å². The van der Waals surface area contributed by atoms with Crippen LogP contribution in [0, 0.1) is 17.8 Å². The quantitative estimate of drug-likeness (QED) is 0.458. The van der Waals surface area contributed by atoms with Crippen LogP contribution in [0.25, 0.3) is 0 Å². The van der Waals surface area contributed by atoms with Crippen molar-refractivity contribution in [3.8, 4) is 0 Å². The maximum atomic E-state index is 12.5. The Morgan fingerprint density at radius 1 is 1.05 bits per heavy atom. The molecule has 5 unspecified atom stereocenters. The van der Waals surface area contributed by atoms with E-state index in [9.17, 15) is 4.57 Å². The molecule has 2 heterocycles. The first-order valence-corrected chi connectivity index (χ1v) is 10.8. The fourth-order valence-electron chi connectivity index (χ4n) is 3.25. The molecule has 0 aromatic rings. The zero-order valence-electron chi connectivity index (χ0n) is 14.3. The summed E-state index contributed by atoms with van der Waals surface area (Å²) in [7, 11) is 4.05. The molecule has 126 valence electrons. The van der Waals surface area contributed by atoms with Gasteiger partial charge in [-0.2, -0.15) is 0 Å². The van der Waals surface area contributed by atoms with Crippen LogP contribution in [-0.4, -0.2) is 52.6 Å². The first kappa shape index (κ1) is 18.9. The molecule has 0 radical (unpaired) electrons. The molecule has 0 bridgehead atoms. The first-order chi connectivity index (χ1) is 10.1. The molecule has 0 aromatic carbocycles. The van der Waals surface area contributed by atoms with Crippen molar-refractivity contribution < 1.29 is 23.1 Å². The highest BCUT2D eigenvalue weighted by atomic mass is 32.7. The second-order valence-electron chi connectivity index (χ2n) is 6.84. The Morgan fingerprint density at radius 2 is 1.64 bits per heavy atom. The minimum absolute atomic E-state index is 0.0670. The summed E-state index contributed by atoms with van der Waals surface area (Å²) in [5, 5.41) is 0. The molecule has 0 saturated carbocycles. The lowest BCUT2D eigenvalue weighted by atomic mass is 9.82. The standard InChI is InChI=1S/C13H27B2O5PS/c1-6-7(2)12(14)19-10(6)5-17-21(16,22)20-11-8(3)13(15)18-9(11)4/h6-13H,5,14-15H2,1-4H3,(H,16,22)/t6?,7?,8?,9-,10-,11?,12-,13-,21?/m1/s1. The van der Waals surface area contributed by atoms with Crippen LogP contribution >= 0.6 is 19.0 Å². The third kappa shape index (κ3) is 4.14. The van der Waals surface area contributed by atoms with Gasteiger partial charge in [0.15, 0.2) is 0 Å². The van der Waals surface area contributed by atoms with Crippen molar-refractivity contribution in [1.29, 1.82) is 0 Å². The van der Waals surface area contributed by atoms with E-state index in [1.165, 1.54) is 0 Å². The molecule has 22 heavy (non-hydrogen) atoms. The molecule has 9 atom stereocenters. The van der Waals surface area contributed by atoms with E-state index in [4.69, 9.17) is 18.5 Å². The number of thiol groups is 1. The molecule has 0 amide bonds. The Morgan fingerprint density at radius 3 is 2.09 bits per heavy atom. The third-order valence-electron chi connectivity index (χ3n) is 5.35. The van der Waals surface area contributed by atoms with E-state index in [1.54, 1.807) is 0 Å². The van der Waals surface area contributed by atoms with Gasteiger partial charge in [-0.3, -0.25) is 9.05 Å². The lowest BCUT2D eigenvalue weighted by Crippen LogP contribution is -2.27. The van der Waals surface area contributed by atoms with E-state index in [2.05, 4.69) is 33.9 Å². The smallest absolute Gasteiger partial charge is 0.381 e. The summed E-state index contributed by atoms with van der Waals surface area (Å²) in [5.74, 6) is 0.967. The average Bonchev–Trinajstić information content (AvgIpc) is 2.81. The molecule has 0 aromatic heterocycles. The summed E-state index contributed by atoms with van der Waals surface area (Å²) in [5.41, 5.74) is 0. The normalized spacial score (nSPS) is 48.4. The minimum atomic E-state index is -3.43. The molecule has 2 aliphatic rings. The SMILES string of the molecule is B[C@@H]1O[C@H](C)C(OP(=O)(S)OC[C@H]2O[C@@H](B)C(C)C2C)C1C. The number of rotatable bonds is 5. The van der Waals surface area contributed by atoms with Crippen LogP contribution in [0.5, 0.6) is 0 Å². The maximum Gasteiger partial charge on any atom is 0.386 e. The van der Waals surface area contributed by atoms with Gasteiger partial charge in [-0.05, 0) is 18.8 Å². The van der Waals surface area contributed by atoms with E-state index >= 15 is 0 Å². The molecule has 0 aliphatic carbocycles. The van der Waals surface area contributed by atoms with Crippen molar-refractivity contribution in [3.05, 3.63) is 0 Å². The fraction of sp³-hybridized carbons (Fsp3) is 1.00. The van der Waals surface area contributed by atoms with Crippen LogP contribution in [-0.2, 0) is 23.1 Å². The third-order valence-corrected chi connectivity index (χ3v) is 6.97. The Bertz CT molecular complexity index is 443. The Labute approximate surface area is 140 Å². The van der Waals surface area contributed by atoms with Gasteiger partial charge in [0.2, 0.25) is 0 Å². The van der Waals surface area contributed by atoms with E-state index in [0.29, 0.717) is 11.8 Å². The minimum Gasteiger partial charge on any atom is -0.381 e. The summed E-state index contributed by atoms with van der Waals surface area (Å²) in [6.07, 6.45) is -0.448. The van der Waals surface area contributed by atoms with Crippen LogP contribution in [0.4, 0.5) is 0 Å². The monoisotopic (exact) mass is 348 g/mol. The van der Waals surface area contributed by atoms with E-state index in [1.807, 2.05) is 21.7 Å². The lowest BCUT2D eigenvalue weighted by molar-refractivity contribution is 0.0208. The Hall–Kier alpha value is 0.550. The average molecular weight is 348 g/mol. The second-order valence-corrected chi connectivity index (χ2v) is 9.71. The highest BCUT2D eigenvalue weighted by Gasteiger charge is 2.42. The summed E-state index contributed by atoms with van der Waals surface area (Å²) in [6.45, 7) is 5.05. The Kier molecular flexibility index (Phi) is 6.18. The van der Waals surface area contributed by atoms with Gasteiger partial charge >= 0.3 is 6.80 Å². The van der Waals surface area contributed by atoms with Crippen LogP contribution in [0.15, 0.2) is 0 Å². The van der Waals surface area contributed by atoms with Crippen LogP contribution in [0.1, 0.15) is 27.7 Å². The molecule has 5 nitrogen and oxygen atoms in total. The van der Waals surface area contributed by atoms with Crippen LogP contribution in [0.2, 0.25) is 0 Å². The molecule has 2 aliphatic heterocycles. The first-order valence-electron chi connectivity index (χ1n) is 8.09. The summed E-state index contributed by atoms with van der Waals surface area (Å²) in [4.78, 5) is 0. The second kappa shape index (κ2) is 7.20. The van der Waals surface area contributed by atoms with Crippen molar-refractivity contribution in [2.24, 2.45) is 17.8 Å². The van der Waals surface area contributed by atoms with Gasteiger partial charge < -0.3 is 9.47 Å². The molecular formula is C13H27B2O5PS. The summed E-state index contributed by atoms with van der Waals surface area (Å²) in [6, 6.07) is 0.265. The van der Waals surface area contributed by atoms with Crippen molar-refractivity contribution in [1.82, 2.24) is 0 Å². The molecule has 2 fully saturated rings. The number of hydrogen-bond acceptors (Lipinski definition) is 5. The topological polar surface area (TPSA) is 54.0 Å². The highest BCUT2D eigenvalue weighted by Crippen LogP contribution is 2.56. The molecule has 0 spiro atoms. The zero-order chi connectivity index (χ0) is 16.7. The lowest BCUT2D eigenvalue weighted by Gasteiger charge is -2.24. The number of hydrogen-bond donors (Lipinski definition) is 1. The van der Waals surface area contributed by atoms with Crippen molar-refractivity contribution in [3.63, 3.8) is 0 Å². The Balaban J connectivity index is 1.88.